The number of aromatic hydroxyl groups is 1. The van der Waals surface area contributed by atoms with Gasteiger partial charge in [-0.15, -0.1) is 0 Å². The second-order valence-electron chi connectivity index (χ2n) is 9.46. The highest BCUT2D eigenvalue weighted by atomic mass is 16.3. The fourth-order valence-corrected chi connectivity index (χ4v) is 4.40. The zero-order valence-corrected chi connectivity index (χ0v) is 22.7. The zero-order valence-electron chi connectivity index (χ0n) is 22.7. The number of aliphatic hydroxyl groups is 4. The van der Waals surface area contributed by atoms with E-state index in [0.29, 0.717) is 0 Å². The van der Waals surface area contributed by atoms with Crippen molar-refractivity contribution in [2.75, 3.05) is 26.2 Å². The third-order valence-corrected chi connectivity index (χ3v) is 6.48. The van der Waals surface area contributed by atoms with E-state index in [1.807, 2.05) is 0 Å². The van der Waals surface area contributed by atoms with Gasteiger partial charge in [0.25, 0.3) is 5.91 Å². The number of phenols is 1. The molecule has 0 spiro atoms. The van der Waals surface area contributed by atoms with Crippen LogP contribution in [0.25, 0.3) is 28.3 Å². The standard InChI is InChI=1S/C26H36N6O8/c1-13(33)31(14(2)34)9-7-27-12-18-20(38)11-21(39)25-23(18)30-24-19(37)6-5-17(22(24)29-25)26(40)28-8-10-32(15(3)35)16(4)36/h5-6,11-16,27,29,33-36,38H,7-10H2,1-4H3,(H,28,40)/b18-12-. The third kappa shape index (κ3) is 6.91. The van der Waals surface area contributed by atoms with E-state index in [9.17, 15) is 39.9 Å². The van der Waals surface area contributed by atoms with Gasteiger partial charge in [-0.05, 0) is 39.8 Å². The van der Waals surface area contributed by atoms with Crippen molar-refractivity contribution in [2.24, 2.45) is 0 Å². The van der Waals surface area contributed by atoms with Crippen LogP contribution in [-0.2, 0) is 0 Å². The molecule has 0 bridgehead atoms. The number of hydrogen-bond acceptors (Lipinski definition) is 12. The smallest absolute Gasteiger partial charge is 0.253 e. The van der Waals surface area contributed by atoms with Gasteiger partial charge in [-0.25, -0.2) is 4.98 Å². The molecule has 3 rings (SSSR count). The number of amides is 1. The second-order valence-corrected chi connectivity index (χ2v) is 9.46. The highest BCUT2D eigenvalue weighted by Crippen LogP contribution is 2.15. The molecule has 14 nitrogen and oxygen atoms in total. The molecule has 0 radical (unpaired) electrons. The maximum Gasteiger partial charge on any atom is 0.253 e. The van der Waals surface area contributed by atoms with Gasteiger partial charge in [-0.3, -0.25) is 24.2 Å². The molecule has 8 N–H and O–H groups in total. The number of aromatic nitrogens is 2. The molecule has 0 saturated heterocycles. The first-order valence-corrected chi connectivity index (χ1v) is 12.8. The average molecular weight is 561 g/mol. The molecule has 1 heterocycles. The van der Waals surface area contributed by atoms with Crippen molar-refractivity contribution >= 4 is 34.2 Å². The van der Waals surface area contributed by atoms with Crippen LogP contribution in [0.1, 0.15) is 38.1 Å². The molecule has 1 aromatic heterocycles. The van der Waals surface area contributed by atoms with E-state index in [4.69, 9.17) is 0 Å². The zero-order chi connectivity index (χ0) is 29.7. The van der Waals surface area contributed by atoms with E-state index in [0.717, 1.165) is 6.07 Å². The van der Waals surface area contributed by atoms with E-state index in [1.165, 1.54) is 55.8 Å². The monoisotopic (exact) mass is 560 g/mol. The van der Waals surface area contributed by atoms with Crippen LogP contribution in [0, 0.1) is 0 Å². The number of nitrogens with zero attached hydrogens (tertiary/aromatic N) is 3. The number of carbonyl (C=O) groups excluding carboxylic acids is 1. The number of benzene rings is 2. The molecule has 3 aromatic rings. The highest BCUT2D eigenvalue weighted by molar-refractivity contribution is 6.06. The number of fused-ring (bicyclic) bond motifs is 2. The fourth-order valence-electron chi connectivity index (χ4n) is 4.40. The van der Waals surface area contributed by atoms with Gasteiger partial charge in [0.15, 0.2) is 0 Å². The van der Waals surface area contributed by atoms with Crippen LogP contribution in [0.15, 0.2) is 27.8 Å². The Kier molecular flexibility index (Phi) is 10.1. The average Bonchev–Trinajstić information content (AvgIpc) is 2.86. The minimum atomic E-state index is -0.941. The summed E-state index contributed by atoms with van der Waals surface area (Å²) in [5.74, 6) is -0.950. The maximum atomic E-state index is 13.0. The summed E-state index contributed by atoms with van der Waals surface area (Å²) >= 11 is 0. The van der Waals surface area contributed by atoms with Crippen molar-refractivity contribution in [1.82, 2.24) is 30.4 Å². The van der Waals surface area contributed by atoms with Gasteiger partial charge in [0.05, 0.1) is 16.3 Å². The number of hydrogen-bond donors (Lipinski definition) is 8. The molecule has 2 aromatic carbocycles. The molecule has 0 saturated carbocycles. The normalized spacial score (nSPS) is 15.5. The minimum Gasteiger partial charge on any atom is -0.507 e. The number of phenolic OH excluding ortho intramolecular Hbond substituents is 1. The Morgan fingerprint density at radius 2 is 1.48 bits per heavy atom. The van der Waals surface area contributed by atoms with Crippen LogP contribution in [-0.4, -0.2) is 102 Å². The number of nitrogens with one attached hydrogen (secondary N) is 3. The lowest BCUT2D eigenvalue weighted by Gasteiger charge is -2.27. The Morgan fingerprint density at radius 3 is 2.05 bits per heavy atom. The molecule has 4 unspecified atom stereocenters. The van der Waals surface area contributed by atoms with Crippen molar-refractivity contribution in [3.8, 4) is 5.75 Å². The lowest BCUT2D eigenvalue weighted by Crippen LogP contribution is -2.44. The first-order chi connectivity index (χ1) is 18.8. The SMILES string of the molecule is CC(O)N(CCN/C=c1/c(O)cc(=O)c2[nH]c3c(C(=O)NCCN(C(C)O)C(C)O)ccc(=O)c3nc12)C(C)O. The summed E-state index contributed by atoms with van der Waals surface area (Å²) in [6.45, 7) is 6.73. The fraction of sp³-hybridized carbons (Fsp3) is 0.462. The second kappa shape index (κ2) is 13.1. The predicted molar refractivity (Wildman–Crippen MR) is 148 cm³/mol. The number of aromatic amines is 1. The predicted octanol–water partition coefficient (Wildman–Crippen LogP) is -2.12. The van der Waals surface area contributed by atoms with Crippen LogP contribution in [0.5, 0.6) is 5.75 Å². The topological polar surface area (TPSA) is 212 Å². The van der Waals surface area contributed by atoms with Gasteiger partial charge in [-0.2, -0.15) is 0 Å². The molecule has 0 aliphatic heterocycles. The van der Waals surface area contributed by atoms with Crippen molar-refractivity contribution in [3.63, 3.8) is 0 Å². The van der Waals surface area contributed by atoms with Gasteiger partial charge in [0.2, 0.25) is 10.9 Å². The van der Waals surface area contributed by atoms with Crippen LogP contribution < -0.4 is 26.7 Å². The quantitative estimate of drug-likeness (QED) is 0.0678. The molecule has 40 heavy (non-hydrogen) atoms. The number of rotatable bonds is 12. The summed E-state index contributed by atoms with van der Waals surface area (Å²) in [6, 6.07) is 3.46. The molecule has 0 aliphatic rings. The molecular formula is C26H36N6O8. The summed E-state index contributed by atoms with van der Waals surface area (Å²) in [4.78, 5) is 48.4. The van der Waals surface area contributed by atoms with Crippen molar-refractivity contribution in [3.05, 3.63) is 49.4 Å². The van der Waals surface area contributed by atoms with Crippen LogP contribution in [0.3, 0.4) is 0 Å². The van der Waals surface area contributed by atoms with Crippen LogP contribution >= 0.6 is 0 Å². The van der Waals surface area contributed by atoms with E-state index < -0.39 is 41.7 Å². The Hall–Kier alpha value is -3.66. The number of aliphatic hydroxyl groups excluding tert-OH is 4. The van der Waals surface area contributed by atoms with E-state index in [-0.39, 0.29) is 64.8 Å². The lowest BCUT2D eigenvalue weighted by atomic mass is 10.1. The molecule has 0 aliphatic carbocycles. The molecule has 218 valence electrons. The van der Waals surface area contributed by atoms with E-state index in [1.54, 1.807) is 0 Å². The first kappa shape index (κ1) is 30.9. The maximum absolute atomic E-state index is 13.0. The Morgan fingerprint density at radius 1 is 0.900 bits per heavy atom. The summed E-state index contributed by atoms with van der Waals surface area (Å²) in [5, 5.41) is 55.3. The van der Waals surface area contributed by atoms with Gasteiger partial charge in [0.1, 0.15) is 47.2 Å². The van der Waals surface area contributed by atoms with Crippen LogP contribution in [0.2, 0.25) is 0 Å². The van der Waals surface area contributed by atoms with Crippen LogP contribution in [0.4, 0.5) is 0 Å². The van der Waals surface area contributed by atoms with Gasteiger partial charge in [0, 0.05) is 38.4 Å². The molecule has 1 amide bonds. The molecule has 14 heteroatoms. The summed E-state index contributed by atoms with van der Waals surface area (Å²) < 4.78 is 0. The summed E-state index contributed by atoms with van der Waals surface area (Å²) in [5.41, 5.74) is -1.19. The van der Waals surface area contributed by atoms with Gasteiger partial charge in [-0.1, -0.05) is 0 Å². The van der Waals surface area contributed by atoms with Gasteiger partial charge >= 0.3 is 0 Å². The Balaban J connectivity index is 1.98. The molecule has 4 atom stereocenters. The Labute approximate surface area is 229 Å². The van der Waals surface area contributed by atoms with Crippen molar-refractivity contribution < 1.29 is 30.3 Å². The van der Waals surface area contributed by atoms with Gasteiger partial charge < -0.3 is 41.2 Å². The molecule has 0 fully saturated rings. The summed E-state index contributed by atoms with van der Waals surface area (Å²) in [7, 11) is 0. The minimum absolute atomic E-state index is 0.00655. The number of H-pyrrole nitrogens is 1. The van der Waals surface area contributed by atoms with E-state index >= 15 is 0 Å². The van der Waals surface area contributed by atoms with E-state index in [2.05, 4.69) is 20.6 Å². The number of carbonyl (C=O) groups is 1. The first-order valence-electron chi connectivity index (χ1n) is 12.8. The molecular weight excluding hydrogens is 524 g/mol. The largest absolute Gasteiger partial charge is 0.507 e. The van der Waals surface area contributed by atoms with Crippen molar-refractivity contribution in [1.29, 1.82) is 0 Å². The van der Waals surface area contributed by atoms with Crippen molar-refractivity contribution in [2.45, 2.75) is 52.6 Å². The lowest BCUT2D eigenvalue weighted by molar-refractivity contribution is -0.0830. The Bertz CT molecular complexity index is 1510. The summed E-state index contributed by atoms with van der Waals surface area (Å²) in [6.07, 6.45) is -2.26. The highest BCUT2D eigenvalue weighted by Gasteiger charge is 2.19. The third-order valence-electron chi connectivity index (χ3n) is 6.48.